The first-order chi connectivity index (χ1) is 20.2. The lowest BCUT2D eigenvalue weighted by Gasteiger charge is -2.14. The molecular formula is C30H16I2O10. The summed E-state index contributed by atoms with van der Waals surface area (Å²) >= 11 is 3.18. The predicted molar refractivity (Wildman–Crippen MR) is 171 cm³/mol. The number of phenols is 4. The van der Waals surface area contributed by atoms with E-state index in [1.54, 1.807) is 58.1 Å². The van der Waals surface area contributed by atoms with Crippen LogP contribution >= 0.6 is 46.0 Å². The maximum atomic E-state index is 13.3. The summed E-state index contributed by atoms with van der Waals surface area (Å²) in [7, 11) is 0. The third-order valence-electron chi connectivity index (χ3n) is 6.59. The zero-order chi connectivity index (χ0) is 29.7. The molecule has 0 aliphatic heterocycles. The summed E-state index contributed by atoms with van der Waals surface area (Å²) in [6.07, 6.45) is 0. The van der Waals surface area contributed by atoms with E-state index in [1.807, 2.05) is 0 Å². The lowest BCUT2D eigenvalue weighted by atomic mass is 9.97. The van der Waals surface area contributed by atoms with Gasteiger partial charge in [-0.05, 0) is 42.5 Å². The van der Waals surface area contributed by atoms with Crippen molar-refractivity contribution in [3.05, 3.63) is 93.2 Å². The minimum atomic E-state index is -0.475. The Morgan fingerprint density at radius 1 is 0.595 bits per heavy atom. The van der Waals surface area contributed by atoms with Crippen molar-refractivity contribution < 1.29 is 35.4 Å². The molecule has 0 fully saturated rings. The molecule has 4 N–H and O–H groups in total. The first-order valence-electron chi connectivity index (χ1n) is 12.0. The number of hydrogen-bond acceptors (Lipinski definition) is 10. The summed E-state index contributed by atoms with van der Waals surface area (Å²) in [5.74, 6) is -0.360. The highest BCUT2D eigenvalue weighted by Crippen LogP contribution is 2.46. The number of halogens is 2. The normalized spacial score (nSPS) is 11.2. The van der Waals surface area contributed by atoms with Crippen LogP contribution < -0.4 is 17.0 Å². The van der Waals surface area contributed by atoms with Crippen LogP contribution in [-0.4, -0.2) is 20.4 Å². The van der Waals surface area contributed by atoms with Crippen molar-refractivity contribution >= 4 is 68.0 Å². The second kappa shape index (κ2) is 10.8. The van der Waals surface area contributed by atoms with Gasteiger partial charge in [0.25, 0.3) is 0 Å². The third kappa shape index (κ3) is 4.75. The van der Waals surface area contributed by atoms with Gasteiger partial charge >= 0.3 is 0 Å². The number of aromatic hydroxyl groups is 4. The lowest BCUT2D eigenvalue weighted by molar-refractivity contribution is 0.467. The van der Waals surface area contributed by atoms with E-state index >= 15 is 0 Å². The molecule has 6 aromatic rings. The Morgan fingerprint density at radius 2 is 1.21 bits per heavy atom. The maximum absolute atomic E-state index is 13.3. The number of rotatable bonds is 5. The van der Waals surface area contributed by atoms with Gasteiger partial charge < -0.3 is 35.4 Å². The van der Waals surface area contributed by atoms with Gasteiger partial charge in [-0.2, -0.15) is 0 Å². The topological polar surface area (TPSA) is 160 Å². The largest absolute Gasteiger partial charge is 0.508 e. The second-order valence-electron chi connectivity index (χ2n) is 9.17. The Hall–Kier alpha value is -4.44. The van der Waals surface area contributed by atoms with Gasteiger partial charge in [0.1, 0.15) is 50.9 Å². The van der Waals surface area contributed by atoms with Gasteiger partial charge in [-0.25, -0.2) is 0 Å². The van der Waals surface area contributed by atoms with Gasteiger partial charge in [0.05, 0.1) is 5.56 Å². The number of fused-ring (bicyclic) bond motifs is 2. The smallest absolute Gasteiger partial charge is 0.197 e. The van der Waals surface area contributed by atoms with Crippen molar-refractivity contribution in [2.24, 2.45) is 0 Å². The van der Waals surface area contributed by atoms with Crippen LogP contribution in [0.15, 0.2) is 91.2 Å². The molecule has 12 heteroatoms. The van der Waals surface area contributed by atoms with Crippen molar-refractivity contribution in [2.45, 2.75) is 0 Å². The van der Waals surface area contributed by atoms with Crippen LogP contribution in [0.1, 0.15) is 0 Å². The summed E-state index contributed by atoms with van der Waals surface area (Å²) in [6, 6.07) is 16.6. The minimum Gasteiger partial charge on any atom is -0.508 e. The van der Waals surface area contributed by atoms with Crippen LogP contribution in [0.5, 0.6) is 34.5 Å². The van der Waals surface area contributed by atoms with Crippen molar-refractivity contribution in [3.8, 4) is 68.3 Å². The molecule has 2 aromatic heterocycles. The summed E-state index contributed by atoms with van der Waals surface area (Å²) in [5, 5.41) is 41.9. The van der Waals surface area contributed by atoms with E-state index in [1.165, 1.54) is 60.7 Å². The molecule has 4 aromatic carbocycles. The summed E-state index contributed by atoms with van der Waals surface area (Å²) in [4.78, 5) is 26.3. The fourth-order valence-corrected chi connectivity index (χ4v) is 5.40. The van der Waals surface area contributed by atoms with E-state index in [4.69, 9.17) is 15.0 Å². The molecule has 0 saturated heterocycles. The standard InChI is InChI=1S/C30H16I2O10/c31-41-25-9-16(34)8-24-28(25)20(37)10-23(39-24)14-3-6-18(35)17(7-14)27-19(36)12-26(42-32)29-21(38)11-22(40-30(27)29)13-1-4-15(33)5-2-13/h1-12,33-36H. The van der Waals surface area contributed by atoms with Gasteiger partial charge in [0.15, 0.2) is 74.0 Å². The van der Waals surface area contributed by atoms with E-state index < -0.39 is 10.9 Å². The summed E-state index contributed by atoms with van der Waals surface area (Å²) < 4.78 is 22.6. The Kier molecular flexibility index (Phi) is 7.10. The molecule has 42 heavy (non-hydrogen) atoms. The van der Waals surface area contributed by atoms with Crippen LogP contribution in [0.2, 0.25) is 0 Å². The van der Waals surface area contributed by atoms with Crippen LogP contribution in [0, 0.1) is 0 Å². The zero-order valence-electron chi connectivity index (χ0n) is 20.9. The molecule has 0 saturated carbocycles. The number of benzene rings is 4. The fraction of sp³-hybridized carbons (Fsp3) is 0. The first kappa shape index (κ1) is 27.7. The van der Waals surface area contributed by atoms with Gasteiger partial charge in [0.2, 0.25) is 0 Å². The Bertz CT molecular complexity index is 2150. The second-order valence-corrected chi connectivity index (χ2v) is 10.1. The molecule has 0 radical (unpaired) electrons. The molecule has 0 aliphatic carbocycles. The van der Waals surface area contributed by atoms with E-state index in [0.29, 0.717) is 11.1 Å². The van der Waals surface area contributed by atoms with Crippen molar-refractivity contribution in [1.82, 2.24) is 0 Å². The molecule has 0 aliphatic rings. The van der Waals surface area contributed by atoms with Crippen LogP contribution in [0.4, 0.5) is 0 Å². The quantitative estimate of drug-likeness (QED) is 0.132. The molecule has 0 spiro atoms. The highest BCUT2D eigenvalue weighted by Gasteiger charge is 2.24. The van der Waals surface area contributed by atoms with Crippen molar-refractivity contribution in [3.63, 3.8) is 0 Å². The van der Waals surface area contributed by atoms with Crippen LogP contribution in [0.3, 0.4) is 0 Å². The van der Waals surface area contributed by atoms with E-state index in [2.05, 4.69) is 0 Å². The van der Waals surface area contributed by atoms with Crippen molar-refractivity contribution in [2.75, 3.05) is 0 Å². The number of phenolic OH excluding ortho intramolecular Hbond substituents is 4. The van der Waals surface area contributed by atoms with E-state index in [9.17, 15) is 30.0 Å². The van der Waals surface area contributed by atoms with Crippen molar-refractivity contribution in [1.29, 1.82) is 0 Å². The molecule has 210 valence electrons. The molecule has 0 atom stereocenters. The SMILES string of the molecule is O=c1cc(-c2ccc(O)c(-c3c(O)cc(OI)c4c(=O)cc(-c5ccc(O)cc5)oc34)c2)oc2cc(O)cc(OI)c12. The van der Waals surface area contributed by atoms with E-state index in [0.717, 1.165) is 0 Å². The monoisotopic (exact) mass is 790 g/mol. The maximum Gasteiger partial charge on any atom is 0.197 e. The van der Waals surface area contributed by atoms with Gasteiger partial charge in [-0.15, -0.1) is 0 Å². The first-order valence-corrected chi connectivity index (χ1v) is 13.8. The fourth-order valence-electron chi connectivity index (χ4n) is 4.71. The summed E-state index contributed by atoms with van der Waals surface area (Å²) in [6.45, 7) is 0. The minimum absolute atomic E-state index is 0.0133. The molecular weight excluding hydrogens is 774 g/mol. The molecule has 2 heterocycles. The molecule has 0 unspecified atom stereocenters. The van der Waals surface area contributed by atoms with E-state index in [-0.39, 0.29) is 79.1 Å². The van der Waals surface area contributed by atoms with Gasteiger partial charge in [0, 0.05) is 47.0 Å². The summed E-state index contributed by atoms with van der Waals surface area (Å²) in [5.41, 5.74) is -0.0476. The molecule has 0 amide bonds. The molecule has 10 nitrogen and oxygen atoms in total. The third-order valence-corrected chi connectivity index (χ3v) is 7.54. The lowest BCUT2D eigenvalue weighted by Crippen LogP contribution is -2.03. The predicted octanol–water partition coefficient (Wildman–Crippen LogP) is 7.18. The Morgan fingerprint density at radius 3 is 1.90 bits per heavy atom. The Balaban J connectivity index is 1.61. The van der Waals surface area contributed by atoms with Crippen LogP contribution in [-0.2, 0) is 0 Å². The molecule has 0 bridgehead atoms. The molecule has 6 rings (SSSR count). The number of hydrogen-bond donors (Lipinski definition) is 4. The van der Waals surface area contributed by atoms with Gasteiger partial charge in [-0.3, -0.25) is 9.59 Å². The average molecular weight is 790 g/mol. The average Bonchev–Trinajstić information content (AvgIpc) is 2.96. The zero-order valence-corrected chi connectivity index (χ0v) is 25.2. The highest BCUT2D eigenvalue weighted by molar-refractivity contribution is 14.1. The van der Waals surface area contributed by atoms with Gasteiger partial charge in [-0.1, -0.05) is 0 Å². The van der Waals surface area contributed by atoms with Crippen LogP contribution in [0.25, 0.3) is 55.7 Å². The Labute approximate surface area is 263 Å². The highest BCUT2D eigenvalue weighted by atomic mass is 127.